The molecule has 5 aromatic rings. The van der Waals surface area contributed by atoms with Gasteiger partial charge in [0.25, 0.3) is 0 Å². The number of benzene rings is 1. The van der Waals surface area contributed by atoms with Crippen LogP contribution in [-0.2, 0) is 4.74 Å². The number of para-hydroxylation sites is 1. The van der Waals surface area contributed by atoms with Gasteiger partial charge in [-0.1, -0.05) is 24.3 Å². The smallest absolute Gasteiger partial charge is 0.205 e. The minimum Gasteiger partial charge on any atom is -0.494 e. The summed E-state index contributed by atoms with van der Waals surface area (Å²) < 4.78 is 5.67. The molecule has 6 nitrogen and oxygen atoms in total. The number of allylic oxidation sites excluding steroid dienone is 1. The zero-order valence-electron chi connectivity index (χ0n) is 20.6. The van der Waals surface area contributed by atoms with Crippen molar-refractivity contribution in [2.45, 2.75) is 13.8 Å². The van der Waals surface area contributed by atoms with Crippen molar-refractivity contribution in [3.63, 3.8) is 0 Å². The molecule has 0 amide bonds. The number of aromatic amines is 2. The number of hydrogen-bond donors (Lipinski definition) is 2. The highest BCUT2D eigenvalue weighted by Gasteiger charge is 2.27. The summed E-state index contributed by atoms with van der Waals surface area (Å²) in [4.78, 5) is 31.7. The Bertz CT molecular complexity index is 1750. The molecule has 182 valence electrons. The van der Waals surface area contributed by atoms with E-state index in [4.69, 9.17) is 9.73 Å². The van der Waals surface area contributed by atoms with E-state index in [0.717, 1.165) is 38.4 Å². The number of thiophene rings is 1. The van der Waals surface area contributed by atoms with Crippen molar-refractivity contribution in [2.75, 3.05) is 7.11 Å². The average molecular weight is 505 g/mol. The second-order valence-corrected chi connectivity index (χ2v) is 10.0. The van der Waals surface area contributed by atoms with Crippen molar-refractivity contribution in [2.24, 2.45) is 4.99 Å². The van der Waals surface area contributed by atoms with Gasteiger partial charge in [0.2, 0.25) is 5.78 Å². The van der Waals surface area contributed by atoms with Crippen LogP contribution in [0.5, 0.6) is 0 Å². The molecule has 7 heteroatoms. The molecular weight excluding hydrogens is 480 g/mol. The van der Waals surface area contributed by atoms with Gasteiger partial charge >= 0.3 is 0 Å². The Hall–Kier alpha value is -4.49. The number of carbonyl (C=O) groups is 1. The number of methoxy groups -OCH3 is 1. The maximum absolute atomic E-state index is 14.0. The summed E-state index contributed by atoms with van der Waals surface area (Å²) in [6, 6.07) is 19.5. The number of rotatable bonds is 6. The highest BCUT2D eigenvalue weighted by atomic mass is 32.1. The van der Waals surface area contributed by atoms with E-state index in [1.54, 1.807) is 13.3 Å². The van der Waals surface area contributed by atoms with E-state index in [1.165, 1.54) is 11.3 Å². The van der Waals surface area contributed by atoms with Crippen LogP contribution in [0.1, 0.15) is 37.9 Å². The molecule has 1 aliphatic heterocycles. The second-order valence-electron chi connectivity index (χ2n) is 8.92. The molecule has 0 radical (unpaired) electrons. The fourth-order valence-electron chi connectivity index (χ4n) is 4.65. The van der Waals surface area contributed by atoms with Crippen molar-refractivity contribution >= 4 is 39.8 Å². The number of pyridine rings is 1. The number of aromatic nitrogens is 3. The molecule has 0 bridgehead atoms. The molecule has 0 unspecified atom stereocenters. The minimum absolute atomic E-state index is 0.0528. The summed E-state index contributed by atoms with van der Waals surface area (Å²) in [6.07, 6.45) is 5.62. The van der Waals surface area contributed by atoms with Crippen LogP contribution in [0.3, 0.4) is 0 Å². The highest BCUT2D eigenvalue weighted by molar-refractivity contribution is 7.17. The highest BCUT2D eigenvalue weighted by Crippen LogP contribution is 2.34. The van der Waals surface area contributed by atoms with Crippen LogP contribution < -0.4 is 0 Å². The number of fused-ring (bicyclic) bond motifs is 1. The molecule has 6 rings (SSSR count). The van der Waals surface area contributed by atoms with E-state index >= 15 is 0 Å². The molecule has 0 spiro atoms. The molecule has 0 aliphatic carbocycles. The van der Waals surface area contributed by atoms with Crippen molar-refractivity contribution in [1.82, 2.24) is 15.0 Å². The van der Waals surface area contributed by atoms with E-state index in [2.05, 4.69) is 27.9 Å². The molecule has 0 atom stereocenters. The molecule has 1 aromatic carbocycles. The van der Waals surface area contributed by atoms with E-state index < -0.39 is 0 Å². The number of H-pyrrole nitrogens is 2. The molecular formula is C30H24N4O2S. The molecule has 1 aliphatic rings. The van der Waals surface area contributed by atoms with Gasteiger partial charge in [-0.2, -0.15) is 0 Å². The summed E-state index contributed by atoms with van der Waals surface area (Å²) >= 11 is 1.44. The first-order chi connectivity index (χ1) is 18.0. The average Bonchev–Trinajstić information content (AvgIpc) is 3.69. The van der Waals surface area contributed by atoms with Crippen molar-refractivity contribution in [1.29, 1.82) is 0 Å². The first kappa shape index (κ1) is 22.9. The zero-order valence-corrected chi connectivity index (χ0v) is 21.4. The van der Waals surface area contributed by atoms with Gasteiger partial charge in [0.1, 0.15) is 11.5 Å². The summed E-state index contributed by atoms with van der Waals surface area (Å²) in [7, 11) is 1.63. The van der Waals surface area contributed by atoms with Crippen molar-refractivity contribution in [3.05, 3.63) is 117 Å². The predicted molar refractivity (Wildman–Crippen MR) is 149 cm³/mol. The topological polar surface area (TPSA) is 83.1 Å². The number of nitrogens with zero attached hydrogens (tertiary/aromatic N) is 2. The van der Waals surface area contributed by atoms with Crippen LogP contribution in [0, 0.1) is 13.8 Å². The van der Waals surface area contributed by atoms with Gasteiger partial charge in [-0.05, 0) is 61.9 Å². The van der Waals surface area contributed by atoms with Crippen LogP contribution in [0.2, 0.25) is 0 Å². The van der Waals surface area contributed by atoms with Gasteiger partial charge in [0, 0.05) is 34.6 Å². The number of carbonyl (C=O) groups excluding carboxylic acids is 1. The summed E-state index contributed by atoms with van der Waals surface area (Å²) in [5.41, 5.74) is 7.56. The third-order valence-corrected chi connectivity index (χ3v) is 7.49. The Morgan fingerprint density at radius 2 is 1.86 bits per heavy atom. The molecule has 0 fully saturated rings. The fourth-order valence-corrected chi connectivity index (χ4v) is 5.57. The standard InChI is InChI=1S/C30H24N4O2S/c1-17-14-18(2)32-22(17)15-23-25(36-3)16-24(33-23)29-28(19-8-4-5-9-20(19)34-29)30(35)27-12-11-26(37-27)21-10-6-7-13-31-21/h4-16,32,34H,1-3H3/b23-15-. The van der Waals surface area contributed by atoms with Crippen LogP contribution in [-0.4, -0.2) is 33.6 Å². The Balaban J connectivity index is 1.46. The minimum atomic E-state index is -0.0528. The van der Waals surface area contributed by atoms with Crippen LogP contribution in [0.4, 0.5) is 0 Å². The van der Waals surface area contributed by atoms with Gasteiger partial charge in [0.15, 0.2) is 0 Å². The van der Waals surface area contributed by atoms with Crippen LogP contribution >= 0.6 is 11.3 Å². The largest absolute Gasteiger partial charge is 0.494 e. The SMILES string of the molecule is COC1=CC(c2[nH]c3ccccc3c2C(=O)c2ccc(-c3ccccn3)s2)=N/C1=C\c1[nH]c(C)cc1C. The zero-order chi connectivity index (χ0) is 25.5. The quantitative estimate of drug-likeness (QED) is 0.248. The Morgan fingerprint density at radius 1 is 1.03 bits per heavy atom. The van der Waals surface area contributed by atoms with E-state index in [9.17, 15) is 4.79 Å². The third-order valence-electron chi connectivity index (χ3n) is 6.39. The molecule has 5 heterocycles. The van der Waals surface area contributed by atoms with Gasteiger partial charge in [-0.15, -0.1) is 11.3 Å². The van der Waals surface area contributed by atoms with Crippen LogP contribution in [0.25, 0.3) is 27.6 Å². The van der Waals surface area contributed by atoms with Gasteiger partial charge in [-0.3, -0.25) is 9.78 Å². The lowest BCUT2D eigenvalue weighted by atomic mass is 10.0. The lowest BCUT2D eigenvalue weighted by Gasteiger charge is -2.02. The number of aliphatic imine (C=N–C) groups is 1. The lowest BCUT2D eigenvalue weighted by Crippen LogP contribution is -2.06. The molecule has 0 saturated heterocycles. The molecule has 37 heavy (non-hydrogen) atoms. The normalized spacial score (nSPS) is 14.3. The van der Waals surface area contributed by atoms with E-state index in [1.807, 2.05) is 73.7 Å². The summed E-state index contributed by atoms with van der Waals surface area (Å²) in [6.45, 7) is 4.08. The predicted octanol–water partition coefficient (Wildman–Crippen LogP) is 6.84. The van der Waals surface area contributed by atoms with E-state index in [-0.39, 0.29) is 5.78 Å². The number of hydrogen-bond acceptors (Lipinski definition) is 5. The lowest BCUT2D eigenvalue weighted by molar-refractivity contribution is 0.104. The Kier molecular flexibility index (Phi) is 5.70. The van der Waals surface area contributed by atoms with Gasteiger partial charge in [-0.25, -0.2) is 4.99 Å². The van der Waals surface area contributed by atoms with Gasteiger partial charge in [0.05, 0.1) is 39.5 Å². The van der Waals surface area contributed by atoms with Gasteiger partial charge < -0.3 is 14.7 Å². The maximum Gasteiger partial charge on any atom is 0.205 e. The monoisotopic (exact) mass is 504 g/mol. The summed E-state index contributed by atoms with van der Waals surface area (Å²) in [5.74, 6) is 0.593. The Morgan fingerprint density at radius 3 is 2.62 bits per heavy atom. The molecule has 0 saturated carbocycles. The number of ether oxygens (including phenoxy) is 1. The Labute approximate surface area is 218 Å². The first-order valence-corrected chi connectivity index (χ1v) is 12.7. The maximum atomic E-state index is 14.0. The third kappa shape index (κ3) is 4.13. The second kappa shape index (κ2) is 9.19. The number of ketones is 1. The summed E-state index contributed by atoms with van der Waals surface area (Å²) in [5, 5.41) is 0.860. The first-order valence-electron chi connectivity index (χ1n) is 11.9. The van der Waals surface area contributed by atoms with Crippen molar-refractivity contribution in [3.8, 4) is 10.6 Å². The van der Waals surface area contributed by atoms with Crippen molar-refractivity contribution < 1.29 is 9.53 Å². The van der Waals surface area contributed by atoms with Crippen LogP contribution in [0.15, 0.2) is 89.4 Å². The van der Waals surface area contributed by atoms with E-state index in [0.29, 0.717) is 33.3 Å². The number of nitrogens with one attached hydrogen (secondary N) is 2. The fraction of sp³-hybridized carbons (Fsp3) is 0.100. The number of aryl methyl sites for hydroxylation is 2. The molecule has 2 N–H and O–H groups in total. The molecule has 4 aromatic heterocycles.